The largest absolute Gasteiger partial charge is 0.336 e. The summed E-state index contributed by atoms with van der Waals surface area (Å²) in [6.07, 6.45) is 1.47. The Bertz CT molecular complexity index is 786. The zero-order valence-corrected chi connectivity index (χ0v) is 14.1. The first-order chi connectivity index (χ1) is 10.6. The normalized spacial score (nSPS) is 10.6. The van der Waals surface area contributed by atoms with E-state index in [2.05, 4.69) is 31.5 Å². The molecule has 1 aromatic carbocycles. The number of benzene rings is 1. The number of para-hydroxylation sites is 1. The van der Waals surface area contributed by atoms with Crippen LogP contribution in [0.3, 0.4) is 0 Å². The van der Waals surface area contributed by atoms with E-state index in [0.717, 1.165) is 8.66 Å². The van der Waals surface area contributed by atoms with E-state index < -0.39 is 0 Å². The summed E-state index contributed by atoms with van der Waals surface area (Å²) in [5.41, 5.74) is 1.23. The minimum absolute atomic E-state index is 0.0735. The summed E-state index contributed by atoms with van der Waals surface area (Å²) >= 11 is 5.05. The summed E-state index contributed by atoms with van der Waals surface area (Å²) in [6.45, 7) is 0.555. The number of hydrogen-bond acceptors (Lipinski definition) is 5. The van der Waals surface area contributed by atoms with E-state index in [1.807, 2.05) is 30.3 Å². The second-order valence-corrected chi connectivity index (χ2v) is 7.19. The maximum absolute atomic E-state index is 12.7. The fourth-order valence-corrected chi connectivity index (χ4v) is 3.61. The van der Waals surface area contributed by atoms with Gasteiger partial charge in [-0.1, -0.05) is 12.1 Å². The van der Waals surface area contributed by atoms with Gasteiger partial charge in [-0.25, -0.2) is 0 Å². The first-order valence-corrected chi connectivity index (χ1v) is 8.08. The van der Waals surface area contributed by atoms with Gasteiger partial charge in [0.1, 0.15) is 6.33 Å². The van der Waals surface area contributed by atoms with Crippen LogP contribution in [-0.2, 0) is 6.54 Å². The van der Waals surface area contributed by atoms with E-state index in [1.165, 1.54) is 11.0 Å². The van der Waals surface area contributed by atoms with Crippen molar-refractivity contribution in [3.8, 4) is 5.69 Å². The SMILES string of the molecule is CN(Cc1ccc(Br)s1)C(=O)c1ccccc1-n1cnnn1. The summed E-state index contributed by atoms with van der Waals surface area (Å²) in [4.78, 5) is 15.5. The Kier molecular flexibility index (Phi) is 4.30. The van der Waals surface area contributed by atoms with Crippen LogP contribution < -0.4 is 0 Å². The van der Waals surface area contributed by atoms with Crippen LogP contribution in [0.15, 0.2) is 46.5 Å². The number of hydrogen-bond donors (Lipinski definition) is 0. The van der Waals surface area contributed by atoms with Crippen molar-refractivity contribution in [2.45, 2.75) is 6.54 Å². The van der Waals surface area contributed by atoms with E-state index >= 15 is 0 Å². The molecule has 0 spiro atoms. The Morgan fingerprint density at radius 3 is 2.82 bits per heavy atom. The third-order valence-electron chi connectivity index (χ3n) is 3.10. The van der Waals surface area contributed by atoms with Crippen molar-refractivity contribution in [1.82, 2.24) is 25.1 Å². The molecule has 2 aromatic heterocycles. The molecule has 0 aliphatic carbocycles. The van der Waals surface area contributed by atoms with Crippen LogP contribution in [0, 0.1) is 0 Å². The van der Waals surface area contributed by atoms with Gasteiger partial charge < -0.3 is 4.90 Å². The van der Waals surface area contributed by atoms with Crippen LogP contribution in [0.4, 0.5) is 0 Å². The summed E-state index contributed by atoms with van der Waals surface area (Å²) in [5, 5.41) is 11.1. The molecule has 0 saturated carbocycles. The fraction of sp³-hybridized carbons (Fsp3) is 0.143. The third-order valence-corrected chi connectivity index (χ3v) is 4.71. The first-order valence-electron chi connectivity index (χ1n) is 6.47. The molecule has 0 radical (unpaired) electrons. The predicted molar refractivity (Wildman–Crippen MR) is 87.0 cm³/mol. The van der Waals surface area contributed by atoms with Crippen molar-refractivity contribution in [2.75, 3.05) is 7.05 Å². The van der Waals surface area contributed by atoms with Gasteiger partial charge in [0.25, 0.3) is 5.91 Å². The standard InChI is InChI=1S/C14H12BrN5OS/c1-19(8-10-6-7-13(15)22-10)14(21)11-4-2-3-5-12(11)20-9-16-17-18-20/h2-7,9H,8H2,1H3. The van der Waals surface area contributed by atoms with Crippen molar-refractivity contribution in [3.63, 3.8) is 0 Å². The molecule has 2 heterocycles. The molecule has 1 amide bonds. The number of aromatic nitrogens is 4. The van der Waals surface area contributed by atoms with Gasteiger partial charge in [-0.05, 0) is 50.6 Å². The number of thiophene rings is 1. The van der Waals surface area contributed by atoms with E-state index in [1.54, 1.807) is 29.4 Å². The Morgan fingerprint density at radius 1 is 1.32 bits per heavy atom. The maximum atomic E-state index is 12.7. The molecule has 22 heavy (non-hydrogen) atoms. The molecule has 0 N–H and O–H groups in total. The molecule has 0 aliphatic heterocycles. The highest BCUT2D eigenvalue weighted by atomic mass is 79.9. The van der Waals surface area contributed by atoms with Gasteiger partial charge in [-0.2, -0.15) is 4.68 Å². The lowest BCUT2D eigenvalue weighted by Gasteiger charge is -2.18. The molecule has 8 heteroatoms. The van der Waals surface area contributed by atoms with Crippen molar-refractivity contribution < 1.29 is 4.79 Å². The van der Waals surface area contributed by atoms with Crippen LogP contribution in [0.2, 0.25) is 0 Å². The number of nitrogens with zero attached hydrogens (tertiary/aromatic N) is 5. The number of rotatable bonds is 4. The van der Waals surface area contributed by atoms with Gasteiger partial charge in [0.05, 0.1) is 21.6 Å². The molecule has 0 saturated heterocycles. The molecular weight excluding hydrogens is 366 g/mol. The molecule has 0 atom stereocenters. The molecule has 0 fully saturated rings. The van der Waals surface area contributed by atoms with Gasteiger partial charge in [0, 0.05) is 11.9 Å². The smallest absolute Gasteiger partial charge is 0.256 e. The van der Waals surface area contributed by atoms with Crippen LogP contribution in [0.25, 0.3) is 5.69 Å². The molecule has 112 valence electrons. The number of tetrazole rings is 1. The van der Waals surface area contributed by atoms with E-state index in [4.69, 9.17) is 0 Å². The predicted octanol–water partition coefficient (Wildman–Crippen LogP) is 2.76. The molecule has 0 aliphatic rings. The first kappa shape index (κ1) is 14.9. The lowest BCUT2D eigenvalue weighted by Crippen LogP contribution is -2.27. The van der Waals surface area contributed by atoms with Crippen LogP contribution in [0.5, 0.6) is 0 Å². The summed E-state index contributed by atoms with van der Waals surface area (Å²) in [7, 11) is 1.78. The second-order valence-electron chi connectivity index (χ2n) is 4.64. The van der Waals surface area contributed by atoms with Crippen molar-refractivity contribution in [2.24, 2.45) is 0 Å². The molecule has 3 rings (SSSR count). The lowest BCUT2D eigenvalue weighted by molar-refractivity contribution is 0.0786. The Hall–Kier alpha value is -2.06. The summed E-state index contributed by atoms with van der Waals surface area (Å²) < 4.78 is 2.54. The average Bonchev–Trinajstić information content (AvgIpc) is 3.18. The number of halogens is 1. The van der Waals surface area contributed by atoms with E-state index in [0.29, 0.717) is 17.8 Å². The minimum atomic E-state index is -0.0735. The molecular formula is C14H12BrN5OS. The Labute approximate surface area is 139 Å². The summed E-state index contributed by atoms with van der Waals surface area (Å²) in [6, 6.07) is 11.3. The van der Waals surface area contributed by atoms with Crippen LogP contribution >= 0.6 is 27.3 Å². The lowest BCUT2D eigenvalue weighted by atomic mass is 10.1. The maximum Gasteiger partial charge on any atom is 0.256 e. The molecule has 0 bridgehead atoms. The minimum Gasteiger partial charge on any atom is -0.336 e. The second kappa shape index (κ2) is 6.37. The molecule has 3 aromatic rings. The van der Waals surface area contributed by atoms with Gasteiger partial charge in [-0.3, -0.25) is 4.79 Å². The molecule has 0 unspecified atom stereocenters. The Balaban J connectivity index is 1.86. The van der Waals surface area contributed by atoms with Gasteiger partial charge >= 0.3 is 0 Å². The highest BCUT2D eigenvalue weighted by molar-refractivity contribution is 9.11. The summed E-state index contributed by atoms with van der Waals surface area (Å²) in [5.74, 6) is -0.0735. The molecule has 6 nitrogen and oxygen atoms in total. The zero-order chi connectivity index (χ0) is 15.5. The Morgan fingerprint density at radius 2 is 2.14 bits per heavy atom. The van der Waals surface area contributed by atoms with Gasteiger partial charge in [-0.15, -0.1) is 16.4 Å². The number of carbonyl (C=O) groups excluding carboxylic acids is 1. The average molecular weight is 378 g/mol. The fourth-order valence-electron chi connectivity index (χ4n) is 2.07. The van der Waals surface area contributed by atoms with Crippen molar-refractivity contribution in [3.05, 3.63) is 57.0 Å². The number of carbonyl (C=O) groups is 1. The monoisotopic (exact) mass is 377 g/mol. The van der Waals surface area contributed by atoms with Crippen molar-refractivity contribution in [1.29, 1.82) is 0 Å². The highest BCUT2D eigenvalue weighted by Gasteiger charge is 2.17. The van der Waals surface area contributed by atoms with Gasteiger partial charge in [0.2, 0.25) is 0 Å². The zero-order valence-electron chi connectivity index (χ0n) is 11.7. The quantitative estimate of drug-likeness (QED) is 0.701. The topological polar surface area (TPSA) is 63.9 Å². The number of amides is 1. The van der Waals surface area contributed by atoms with Gasteiger partial charge in [0.15, 0.2) is 0 Å². The third kappa shape index (κ3) is 3.07. The van der Waals surface area contributed by atoms with E-state index in [9.17, 15) is 4.79 Å². The van der Waals surface area contributed by atoms with E-state index in [-0.39, 0.29) is 5.91 Å². The van der Waals surface area contributed by atoms with Crippen molar-refractivity contribution >= 4 is 33.2 Å². The highest BCUT2D eigenvalue weighted by Crippen LogP contribution is 2.24. The van der Waals surface area contributed by atoms with Crippen LogP contribution in [-0.4, -0.2) is 38.1 Å². The van der Waals surface area contributed by atoms with Crippen LogP contribution in [0.1, 0.15) is 15.2 Å².